The molecule has 2 aromatic carbocycles. The van der Waals surface area contributed by atoms with Gasteiger partial charge < -0.3 is 10.1 Å². The molecule has 21 heavy (non-hydrogen) atoms. The van der Waals surface area contributed by atoms with Crippen LogP contribution in [0.5, 0.6) is 0 Å². The summed E-state index contributed by atoms with van der Waals surface area (Å²) in [5.74, 6) is 0. The SMILES string of the molecule is COCCNCc1ccn(-c2cccc3ccccc23)n1. The molecule has 4 heteroatoms. The van der Waals surface area contributed by atoms with E-state index in [2.05, 4.69) is 52.9 Å². The first-order chi connectivity index (χ1) is 10.4. The fourth-order valence-corrected chi connectivity index (χ4v) is 2.39. The van der Waals surface area contributed by atoms with Gasteiger partial charge in [-0.2, -0.15) is 5.10 Å². The van der Waals surface area contributed by atoms with Crippen LogP contribution in [0.2, 0.25) is 0 Å². The zero-order valence-corrected chi connectivity index (χ0v) is 12.1. The Hall–Kier alpha value is -2.17. The van der Waals surface area contributed by atoms with Crippen LogP contribution in [0.25, 0.3) is 16.5 Å². The highest BCUT2D eigenvalue weighted by Gasteiger charge is 2.04. The number of hydrogen-bond acceptors (Lipinski definition) is 3. The van der Waals surface area contributed by atoms with E-state index >= 15 is 0 Å². The summed E-state index contributed by atoms with van der Waals surface area (Å²) in [7, 11) is 1.71. The van der Waals surface area contributed by atoms with Gasteiger partial charge in [0.05, 0.1) is 18.0 Å². The Bertz CT molecular complexity index is 715. The maximum atomic E-state index is 5.01. The number of ether oxygens (including phenoxy) is 1. The molecule has 0 radical (unpaired) electrons. The highest BCUT2D eigenvalue weighted by Crippen LogP contribution is 2.21. The van der Waals surface area contributed by atoms with E-state index in [1.54, 1.807) is 7.11 Å². The molecule has 0 saturated heterocycles. The third-order valence-corrected chi connectivity index (χ3v) is 3.45. The summed E-state index contributed by atoms with van der Waals surface area (Å²) in [4.78, 5) is 0. The van der Waals surface area contributed by atoms with Gasteiger partial charge in [-0.15, -0.1) is 0 Å². The Morgan fingerprint density at radius 1 is 1.10 bits per heavy atom. The molecule has 1 heterocycles. The van der Waals surface area contributed by atoms with Gasteiger partial charge in [-0.1, -0.05) is 36.4 Å². The topological polar surface area (TPSA) is 39.1 Å². The maximum Gasteiger partial charge on any atom is 0.0766 e. The van der Waals surface area contributed by atoms with E-state index in [9.17, 15) is 0 Å². The molecule has 0 saturated carbocycles. The van der Waals surface area contributed by atoms with E-state index in [0.29, 0.717) is 6.61 Å². The Kier molecular flexibility index (Phi) is 4.28. The van der Waals surface area contributed by atoms with Crippen LogP contribution in [-0.4, -0.2) is 30.0 Å². The summed E-state index contributed by atoms with van der Waals surface area (Å²) in [6.07, 6.45) is 2.01. The highest BCUT2D eigenvalue weighted by molar-refractivity contribution is 5.89. The summed E-state index contributed by atoms with van der Waals surface area (Å²) in [5, 5.41) is 10.4. The van der Waals surface area contributed by atoms with E-state index in [0.717, 1.165) is 24.5 Å². The minimum Gasteiger partial charge on any atom is -0.383 e. The second-order valence-electron chi connectivity index (χ2n) is 4.92. The Morgan fingerprint density at radius 3 is 2.86 bits per heavy atom. The van der Waals surface area contributed by atoms with Gasteiger partial charge in [-0.25, -0.2) is 4.68 Å². The molecule has 0 spiro atoms. The smallest absolute Gasteiger partial charge is 0.0766 e. The fraction of sp³-hybridized carbons (Fsp3) is 0.235. The van der Waals surface area contributed by atoms with E-state index in [1.165, 1.54) is 10.8 Å². The van der Waals surface area contributed by atoms with Crippen molar-refractivity contribution in [2.24, 2.45) is 0 Å². The average Bonchev–Trinajstić information content (AvgIpc) is 3.00. The molecule has 108 valence electrons. The molecule has 0 atom stereocenters. The van der Waals surface area contributed by atoms with Crippen LogP contribution in [0.1, 0.15) is 5.69 Å². The number of nitrogens with one attached hydrogen (secondary N) is 1. The number of methoxy groups -OCH3 is 1. The van der Waals surface area contributed by atoms with Crippen LogP contribution in [0.4, 0.5) is 0 Å². The van der Waals surface area contributed by atoms with Crippen molar-refractivity contribution in [3.63, 3.8) is 0 Å². The van der Waals surface area contributed by atoms with Crippen molar-refractivity contribution >= 4 is 10.8 Å². The van der Waals surface area contributed by atoms with Crippen LogP contribution in [-0.2, 0) is 11.3 Å². The zero-order chi connectivity index (χ0) is 14.5. The van der Waals surface area contributed by atoms with Crippen LogP contribution in [0, 0.1) is 0 Å². The van der Waals surface area contributed by atoms with Crippen molar-refractivity contribution < 1.29 is 4.74 Å². The normalized spacial score (nSPS) is 11.1. The molecule has 1 N–H and O–H groups in total. The van der Waals surface area contributed by atoms with E-state index < -0.39 is 0 Å². The Labute approximate surface area is 124 Å². The summed E-state index contributed by atoms with van der Waals surface area (Å²) in [6.45, 7) is 2.29. The van der Waals surface area contributed by atoms with Crippen molar-refractivity contribution in [1.82, 2.24) is 15.1 Å². The molecule has 0 bridgehead atoms. The molecule has 0 fully saturated rings. The molecule has 0 aliphatic carbocycles. The van der Waals surface area contributed by atoms with Crippen LogP contribution in [0.3, 0.4) is 0 Å². The monoisotopic (exact) mass is 281 g/mol. The van der Waals surface area contributed by atoms with Crippen molar-refractivity contribution in [2.45, 2.75) is 6.54 Å². The van der Waals surface area contributed by atoms with Gasteiger partial charge in [-0.05, 0) is 17.5 Å². The number of rotatable bonds is 6. The molecular formula is C17H19N3O. The van der Waals surface area contributed by atoms with Crippen molar-refractivity contribution in [2.75, 3.05) is 20.3 Å². The van der Waals surface area contributed by atoms with Gasteiger partial charge in [-0.3, -0.25) is 0 Å². The quantitative estimate of drug-likeness (QED) is 0.706. The summed E-state index contributed by atoms with van der Waals surface area (Å²) in [5.41, 5.74) is 2.13. The second kappa shape index (κ2) is 6.52. The number of nitrogens with zero attached hydrogens (tertiary/aromatic N) is 2. The molecule has 1 aromatic heterocycles. The minimum atomic E-state index is 0.712. The first kappa shape index (κ1) is 13.8. The van der Waals surface area contributed by atoms with Crippen molar-refractivity contribution in [3.8, 4) is 5.69 Å². The lowest BCUT2D eigenvalue weighted by molar-refractivity contribution is 0.199. The average molecular weight is 281 g/mol. The van der Waals surface area contributed by atoms with E-state index in [4.69, 9.17) is 4.74 Å². The van der Waals surface area contributed by atoms with Crippen LogP contribution in [0.15, 0.2) is 54.7 Å². The fourth-order valence-electron chi connectivity index (χ4n) is 2.39. The summed E-state index contributed by atoms with van der Waals surface area (Å²) < 4.78 is 6.95. The Balaban J connectivity index is 1.81. The third kappa shape index (κ3) is 3.12. The second-order valence-corrected chi connectivity index (χ2v) is 4.92. The molecular weight excluding hydrogens is 262 g/mol. The number of benzene rings is 2. The number of hydrogen-bond donors (Lipinski definition) is 1. The lowest BCUT2D eigenvalue weighted by Gasteiger charge is -2.06. The standard InChI is InChI=1S/C17H19N3O/c1-21-12-10-18-13-15-9-11-20(19-15)17-8-4-6-14-5-2-3-7-16(14)17/h2-9,11,18H,10,12-13H2,1H3. The van der Waals surface area contributed by atoms with Gasteiger partial charge in [0, 0.05) is 31.8 Å². The predicted molar refractivity (Wildman–Crippen MR) is 84.7 cm³/mol. The summed E-state index contributed by atoms with van der Waals surface area (Å²) in [6, 6.07) is 16.7. The molecule has 0 aliphatic rings. The third-order valence-electron chi connectivity index (χ3n) is 3.45. The maximum absolute atomic E-state index is 5.01. The van der Waals surface area contributed by atoms with Crippen molar-refractivity contribution in [1.29, 1.82) is 0 Å². The predicted octanol–water partition coefficient (Wildman–Crippen LogP) is 2.76. The van der Waals surface area contributed by atoms with E-state index in [-0.39, 0.29) is 0 Å². The first-order valence-electron chi connectivity index (χ1n) is 7.11. The zero-order valence-electron chi connectivity index (χ0n) is 12.1. The lowest BCUT2D eigenvalue weighted by Crippen LogP contribution is -2.18. The van der Waals surface area contributed by atoms with Crippen LogP contribution >= 0.6 is 0 Å². The number of fused-ring (bicyclic) bond motifs is 1. The lowest BCUT2D eigenvalue weighted by atomic mass is 10.1. The van der Waals surface area contributed by atoms with Gasteiger partial charge in [0.15, 0.2) is 0 Å². The summed E-state index contributed by atoms with van der Waals surface area (Å²) >= 11 is 0. The molecule has 0 amide bonds. The minimum absolute atomic E-state index is 0.712. The molecule has 0 aliphatic heterocycles. The van der Waals surface area contributed by atoms with Gasteiger partial charge in [0.1, 0.15) is 0 Å². The van der Waals surface area contributed by atoms with E-state index in [1.807, 2.05) is 16.9 Å². The molecule has 3 aromatic rings. The van der Waals surface area contributed by atoms with Crippen LogP contribution < -0.4 is 5.32 Å². The van der Waals surface area contributed by atoms with Gasteiger partial charge >= 0.3 is 0 Å². The molecule has 4 nitrogen and oxygen atoms in total. The highest BCUT2D eigenvalue weighted by atomic mass is 16.5. The molecule has 3 rings (SSSR count). The largest absolute Gasteiger partial charge is 0.383 e. The van der Waals surface area contributed by atoms with Crippen molar-refractivity contribution in [3.05, 3.63) is 60.4 Å². The molecule has 0 unspecified atom stereocenters. The van der Waals surface area contributed by atoms with Gasteiger partial charge in [0.25, 0.3) is 0 Å². The van der Waals surface area contributed by atoms with Gasteiger partial charge in [0.2, 0.25) is 0 Å². The number of aromatic nitrogens is 2. The Morgan fingerprint density at radius 2 is 1.95 bits per heavy atom. The first-order valence-corrected chi connectivity index (χ1v) is 7.11.